The van der Waals surface area contributed by atoms with Crippen LogP contribution >= 0.6 is 0 Å². The van der Waals surface area contributed by atoms with E-state index in [1.54, 1.807) is 27.8 Å². The number of alkyl carbamates (subject to hydrolysis) is 1. The Morgan fingerprint density at radius 1 is 1.11 bits per heavy atom. The minimum atomic E-state index is -0.813. The fourth-order valence-corrected chi connectivity index (χ4v) is 2.56. The summed E-state index contributed by atoms with van der Waals surface area (Å²) in [5.41, 5.74) is 0.585. The number of amides is 3. The highest BCUT2D eigenvalue weighted by atomic mass is 16.6. The van der Waals surface area contributed by atoms with Gasteiger partial charge >= 0.3 is 6.09 Å². The van der Waals surface area contributed by atoms with Crippen molar-refractivity contribution in [1.82, 2.24) is 15.5 Å². The average Bonchev–Trinajstić information content (AvgIpc) is 2.49. The van der Waals surface area contributed by atoms with Gasteiger partial charge in [0.1, 0.15) is 18.2 Å². The SMILES string of the molecule is Cc1cccc(C(C(=O)NC(C)(C)C)N(C)C(=O)CNC(=O)OC(C)(C)C)c1. The van der Waals surface area contributed by atoms with Gasteiger partial charge in [0.25, 0.3) is 0 Å². The number of hydrogen-bond acceptors (Lipinski definition) is 4. The minimum Gasteiger partial charge on any atom is -0.444 e. The van der Waals surface area contributed by atoms with E-state index in [-0.39, 0.29) is 12.5 Å². The summed E-state index contributed by atoms with van der Waals surface area (Å²) in [5, 5.41) is 5.36. The number of hydrogen-bond donors (Lipinski definition) is 2. The van der Waals surface area contributed by atoms with Gasteiger partial charge < -0.3 is 20.3 Å². The van der Waals surface area contributed by atoms with Gasteiger partial charge in [-0.2, -0.15) is 0 Å². The summed E-state index contributed by atoms with van der Waals surface area (Å²) in [6, 6.07) is 6.64. The van der Waals surface area contributed by atoms with E-state index in [0.29, 0.717) is 5.56 Å². The van der Waals surface area contributed by atoms with Crippen molar-refractivity contribution in [2.24, 2.45) is 0 Å². The number of nitrogens with zero attached hydrogens (tertiary/aromatic N) is 1. The summed E-state index contributed by atoms with van der Waals surface area (Å²) in [6.45, 7) is 12.5. The van der Waals surface area contributed by atoms with Crippen LogP contribution in [0.1, 0.15) is 58.7 Å². The van der Waals surface area contributed by atoms with Crippen LogP contribution in [-0.4, -0.2) is 47.5 Å². The highest BCUT2D eigenvalue weighted by Gasteiger charge is 2.31. The van der Waals surface area contributed by atoms with Crippen LogP contribution in [0.25, 0.3) is 0 Å². The lowest BCUT2D eigenvalue weighted by molar-refractivity contribution is -0.139. The largest absolute Gasteiger partial charge is 0.444 e. The maximum atomic E-state index is 12.9. The molecule has 0 bridgehead atoms. The van der Waals surface area contributed by atoms with Crippen molar-refractivity contribution in [1.29, 1.82) is 0 Å². The van der Waals surface area contributed by atoms with E-state index < -0.39 is 29.2 Å². The Morgan fingerprint density at radius 2 is 1.71 bits per heavy atom. The summed E-state index contributed by atoms with van der Waals surface area (Å²) in [5.74, 6) is -0.687. The second kappa shape index (κ2) is 9.08. The summed E-state index contributed by atoms with van der Waals surface area (Å²) < 4.78 is 5.14. The molecule has 2 N–H and O–H groups in total. The maximum Gasteiger partial charge on any atom is 0.408 e. The van der Waals surface area contributed by atoms with Crippen LogP contribution in [0, 0.1) is 6.92 Å². The normalized spacial score (nSPS) is 12.7. The lowest BCUT2D eigenvalue weighted by Gasteiger charge is -2.31. The Hall–Kier alpha value is -2.57. The molecule has 28 heavy (non-hydrogen) atoms. The number of ether oxygens (including phenoxy) is 1. The molecule has 1 unspecified atom stereocenters. The van der Waals surface area contributed by atoms with E-state index >= 15 is 0 Å². The maximum absolute atomic E-state index is 12.9. The molecule has 1 rings (SSSR count). The Morgan fingerprint density at radius 3 is 2.21 bits per heavy atom. The van der Waals surface area contributed by atoms with E-state index in [0.717, 1.165) is 5.56 Å². The van der Waals surface area contributed by atoms with E-state index in [4.69, 9.17) is 4.74 Å². The first-order valence-corrected chi connectivity index (χ1v) is 9.31. The molecule has 0 aliphatic carbocycles. The molecular weight excluding hydrogens is 358 g/mol. The first-order valence-electron chi connectivity index (χ1n) is 9.31. The number of carbonyl (C=O) groups excluding carboxylic acids is 3. The van der Waals surface area contributed by atoms with Crippen LogP contribution in [0.5, 0.6) is 0 Å². The molecule has 0 spiro atoms. The summed E-state index contributed by atoms with van der Waals surface area (Å²) in [7, 11) is 1.55. The molecule has 0 fully saturated rings. The predicted molar refractivity (Wildman–Crippen MR) is 109 cm³/mol. The van der Waals surface area contributed by atoms with Crippen LogP contribution in [-0.2, 0) is 14.3 Å². The number of nitrogens with one attached hydrogen (secondary N) is 2. The van der Waals surface area contributed by atoms with Gasteiger partial charge in [-0.05, 0) is 54.0 Å². The molecule has 1 aromatic rings. The summed E-state index contributed by atoms with van der Waals surface area (Å²) >= 11 is 0. The van der Waals surface area contributed by atoms with Gasteiger partial charge in [0, 0.05) is 12.6 Å². The number of rotatable bonds is 5. The molecular formula is C21H33N3O4. The third-order valence-electron chi connectivity index (χ3n) is 3.67. The van der Waals surface area contributed by atoms with E-state index in [9.17, 15) is 14.4 Å². The molecule has 7 heteroatoms. The van der Waals surface area contributed by atoms with Gasteiger partial charge in [-0.1, -0.05) is 29.8 Å². The van der Waals surface area contributed by atoms with Crippen LogP contribution in [0.4, 0.5) is 4.79 Å². The van der Waals surface area contributed by atoms with Crippen molar-refractivity contribution in [3.05, 3.63) is 35.4 Å². The molecule has 156 valence electrons. The zero-order chi connectivity index (χ0) is 21.7. The Balaban J connectivity index is 2.98. The second-order valence-electron chi connectivity index (χ2n) is 8.92. The van der Waals surface area contributed by atoms with E-state index in [1.807, 2.05) is 52.0 Å². The zero-order valence-electron chi connectivity index (χ0n) is 18.2. The van der Waals surface area contributed by atoms with E-state index in [2.05, 4.69) is 10.6 Å². The number of benzene rings is 1. The van der Waals surface area contributed by atoms with Crippen molar-refractivity contribution in [3.63, 3.8) is 0 Å². The first kappa shape index (κ1) is 23.5. The average molecular weight is 392 g/mol. The van der Waals surface area contributed by atoms with Crippen LogP contribution in [0.15, 0.2) is 24.3 Å². The van der Waals surface area contributed by atoms with Gasteiger partial charge in [0.2, 0.25) is 11.8 Å². The second-order valence-corrected chi connectivity index (χ2v) is 8.92. The predicted octanol–water partition coefficient (Wildman–Crippen LogP) is 2.93. The topological polar surface area (TPSA) is 87.7 Å². The first-order chi connectivity index (χ1) is 12.7. The number of likely N-dealkylation sites (N-methyl/N-ethyl adjacent to an activating group) is 1. The van der Waals surface area contributed by atoms with Crippen LogP contribution in [0.2, 0.25) is 0 Å². The fraction of sp³-hybridized carbons (Fsp3) is 0.571. The minimum absolute atomic E-state index is 0.267. The molecule has 0 saturated carbocycles. The smallest absolute Gasteiger partial charge is 0.408 e. The molecule has 1 atom stereocenters. The Labute approximate surface area is 167 Å². The van der Waals surface area contributed by atoms with Crippen molar-refractivity contribution >= 4 is 17.9 Å². The van der Waals surface area contributed by atoms with Crippen molar-refractivity contribution in [3.8, 4) is 0 Å². The zero-order valence-corrected chi connectivity index (χ0v) is 18.2. The third-order valence-corrected chi connectivity index (χ3v) is 3.67. The monoisotopic (exact) mass is 391 g/mol. The molecule has 0 aromatic heterocycles. The molecule has 1 aromatic carbocycles. The summed E-state index contributed by atoms with van der Waals surface area (Å²) in [6.07, 6.45) is -0.680. The standard InChI is InChI=1S/C21H33N3O4/c1-14-10-9-11-15(12-14)17(18(26)23-20(2,3)4)24(8)16(25)13-22-19(27)28-21(5,6)7/h9-12,17H,13H2,1-8H3,(H,22,27)(H,23,26). The Bertz CT molecular complexity index is 717. The molecule has 3 amide bonds. The van der Waals surface area contributed by atoms with Crippen molar-refractivity contribution < 1.29 is 19.1 Å². The Kier molecular flexibility index (Phi) is 7.61. The van der Waals surface area contributed by atoms with Gasteiger partial charge in [-0.15, -0.1) is 0 Å². The van der Waals surface area contributed by atoms with Gasteiger partial charge in [0.15, 0.2) is 0 Å². The highest BCUT2D eigenvalue weighted by molar-refractivity contribution is 5.90. The van der Waals surface area contributed by atoms with Crippen LogP contribution < -0.4 is 10.6 Å². The van der Waals surface area contributed by atoms with Gasteiger partial charge in [-0.3, -0.25) is 9.59 Å². The molecule has 0 radical (unpaired) electrons. The highest BCUT2D eigenvalue weighted by Crippen LogP contribution is 2.22. The van der Waals surface area contributed by atoms with Gasteiger partial charge in [0.05, 0.1) is 0 Å². The number of aryl methyl sites for hydroxylation is 1. The number of carbonyl (C=O) groups is 3. The summed E-state index contributed by atoms with van der Waals surface area (Å²) in [4.78, 5) is 38.7. The van der Waals surface area contributed by atoms with Crippen molar-refractivity contribution in [2.45, 2.75) is 65.6 Å². The van der Waals surface area contributed by atoms with E-state index in [1.165, 1.54) is 4.90 Å². The lowest BCUT2D eigenvalue weighted by Crippen LogP contribution is -2.50. The molecule has 0 aliphatic heterocycles. The molecule has 0 heterocycles. The molecule has 7 nitrogen and oxygen atoms in total. The lowest BCUT2D eigenvalue weighted by atomic mass is 10.0. The van der Waals surface area contributed by atoms with Gasteiger partial charge in [-0.25, -0.2) is 4.79 Å². The van der Waals surface area contributed by atoms with Crippen molar-refractivity contribution in [2.75, 3.05) is 13.6 Å². The molecule has 0 saturated heterocycles. The van der Waals surface area contributed by atoms with Crippen LogP contribution in [0.3, 0.4) is 0 Å². The third kappa shape index (κ3) is 7.98. The fourth-order valence-electron chi connectivity index (χ4n) is 2.56. The quantitative estimate of drug-likeness (QED) is 0.808. The molecule has 0 aliphatic rings.